The zero-order valence-electron chi connectivity index (χ0n) is 51.8. The molecule has 1 unspecified atom stereocenters. The number of hydrogen-bond acceptors (Lipinski definition) is 17. The van der Waals surface area contributed by atoms with E-state index in [0.717, 1.165) is 96.0 Å². The lowest BCUT2D eigenvalue weighted by atomic mass is 10.0. The van der Waals surface area contributed by atoms with Gasteiger partial charge < -0.3 is 58.7 Å². The number of benzene rings is 4. The number of aryl methyl sites for hydroxylation is 1. The van der Waals surface area contributed by atoms with Gasteiger partial charge in [0.2, 0.25) is 11.8 Å². The van der Waals surface area contributed by atoms with Crippen LogP contribution >= 0.6 is 23.2 Å². The predicted molar refractivity (Wildman–Crippen MR) is 345 cm³/mol. The number of nitrogens with one attached hydrogen (secondary N) is 3. The van der Waals surface area contributed by atoms with Gasteiger partial charge in [-0.25, -0.2) is 9.18 Å². The summed E-state index contributed by atoms with van der Waals surface area (Å²) in [6, 6.07) is 23.9. The fourth-order valence-electron chi connectivity index (χ4n) is 12.6. The number of nitriles is 1. The molecule has 0 aliphatic carbocycles. The molecule has 1 aromatic heterocycles. The van der Waals surface area contributed by atoms with Gasteiger partial charge in [-0.3, -0.25) is 29.4 Å². The highest BCUT2D eigenvalue weighted by Gasteiger charge is 2.40. The second kappa shape index (κ2) is 33.4. The van der Waals surface area contributed by atoms with Gasteiger partial charge in [0.1, 0.15) is 18.5 Å². The summed E-state index contributed by atoms with van der Waals surface area (Å²) < 4.78 is 49.4. The zero-order valence-corrected chi connectivity index (χ0v) is 53.3. The van der Waals surface area contributed by atoms with Crippen molar-refractivity contribution >= 4 is 80.8 Å². The van der Waals surface area contributed by atoms with Crippen LogP contribution < -0.4 is 30.5 Å². The fourth-order valence-corrected chi connectivity index (χ4v) is 13.1. The Morgan fingerprint density at radius 3 is 2.27 bits per heavy atom. The van der Waals surface area contributed by atoms with Crippen LogP contribution in [0.1, 0.15) is 89.7 Å². The molecule has 4 aromatic carbocycles. The highest BCUT2D eigenvalue weighted by atomic mass is 35.5. The third-order valence-corrected chi connectivity index (χ3v) is 17.8. The molecular formula is C67H80Cl2FN11O11. The average molecular weight is 1310 g/mol. The summed E-state index contributed by atoms with van der Waals surface area (Å²) in [6.45, 7) is 12.7. The Hall–Kier alpha value is -7.53. The van der Waals surface area contributed by atoms with E-state index < -0.39 is 35.8 Å². The summed E-state index contributed by atoms with van der Waals surface area (Å²) in [4.78, 5) is 82.4. The van der Waals surface area contributed by atoms with Crippen LogP contribution in [0.15, 0.2) is 85.2 Å². The Bertz CT molecular complexity index is 3480. The molecular weight excluding hydrogens is 1220 g/mol. The largest absolute Gasteiger partial charge is 0.462 e. The fraction of sp³-hybridized carbons (Fsp3) is 0.493. The van der Waals surface area contributed by atoms with Crippen molar-refractivity contribution in [2.75, 3.05) is 127 Å². The molecule has 10 rings (SSSR count). The van der Waals surface area contributed by atoms with E-state index in [0.29, 0.717) is 139 Å². The minimum absolute atomic E-state index is 0.0342. The second-order valence-electron chi connectivity index (χ2n) is 23.5. The Balaban J connectivity index is 0.555. The minimum atomic E-state index is -1.05. The number of hydrogen-bond donors (Lipinski definition) is 3. The number of amides is 6. The number of aromatic nitrogens is 2. The van der Waals surface area contributed by atoms with E-state index in [9.17, 15) is 33.6 Å². The number of unbranched alkanes of at least 4 members (excludes halogenated alkanes) is 2. The monoisotopic (exact) mass is 1300 g/mol. The van der Waals surface area contributed by atoms with Crippen molar-refractivity contribution in [3.8, 4) is 12.1 Å². The first kappa shape index (κ1) is 67.4. The van der Waals surface area contributed by atoms with E-state index in [1.807, 2.05) is 36.4 Å². The van der Waals surface area contributed by atoms with Crippen LogP contribution in [0.2, 0.25) is 10.0 Å². The topological polar surface area (TPSA) is 243 Å². The summed E-state index contributed by atoms with van der Waals surface area (Å²) in [5.74, 6) is -2.17. The van der Waals surface area contributed by atoms with Crippen molar-refractivity contribution in [1.82, 2.24) is 35.3 Å². The smallest absolute Gasteiger partial charge is 0.319 e. The van der Waals surface area contributed by atoms with E-state index in [1.165, 1.54) is 9.80 Å². The van der Waals surface area contributed by atoms with Crippen LogP contribution in [0.3, 0.4) is 0 Å². The Morgan fingerprint density at radius 1 is 0.772 bits per heavy atom. The molecule has 3 atom stereocenters. The van der Waals surface area contributed by atoms with Crippen molar-refractivity contribution in [3.05, 3.63) is 129 Å². The molecule has 25 heteroatoms. The number of likely N-dealkylation sites (tertiary alicyclic amines) is 1. The van der Waals surface area contributed by atoms with Crippen molar-refractivity contribution in [3.63, 3.8) is 0 Å². The first-order valence-electron chi connectivity index (χ1n) is 31.8. The number of nitrogens with zero attached hydrogens (tertiary/aromatic N) is 8. The number of piperidine rings is 1. The Labute approximate surface area is 545 Å². The van der Waals surface area contributed by atoms with Gasteiger partial charge in [0, 0.05) is 97.8 Å². The van der Waals surface area contributed by atoms with Crippen LogP contribution in [0, 0.1) is 11.3 Å². The summed E-state index contributed by atoms with van der Waals surface area (Å²) in [7, 11) is 0. The number of carbonyl (C=O) groups is 5. The lowest BCUT2D eigenvalue weighted by Gasteiger charge is -2.42. The molecule has 3 saturated heterocycles. The predicted octanol–water partition coefficient (Wildman–Crippen LogP) is 8.34. The Kier molecular flexibility index (Phi) is 24.4. The minimum Gasteiger partial charge on any atom is -0.462 e. The maximum absolute atomic E-state index is 14.1. The summed E-state index contributed by atoms with van der Waals surface area (Å²) in [6.07, 6.45) is 6.70. The van der Waals surface area contributed by atoms with E-state index in [1.54, 1.807) is 18.2 Å². The first-order valence-corrected chi connectivity index (χ1v) is 32.5. The average Bonchev–Trinajstić information content (AvgIpc) is 1.23. The molecule has 0 radical (unpaired) electrons. The normalized spacial score (nSPS) is 18.2. The van der Waals surface area contributed by atoms with Crippen LogP contribution in [0.4, 0.5) is 26.4 Å². The number of rotatable bonds is 32. The molecule has 3 N–H and O–H groups in total. The van der Waals surface area contributed by atoms with Crippen molar-refractivity contribution < 1.29 is 56.8 Å². The summed E-state index contributed by atoms with van der Waals surface area (Å²) >= 11 is 13.2. The molecule has 22 nitrogen and oxygen atoms in total. The van der Waals surface area contributed by atoms with Gasteiger partial charge in [-0.2, -0.15) is 15.2 Å². The molecule has 5 aliphatic rings. The highest BCUT2D eigenvalue weighted by Crippen LogP contribution is 2.38. The van der Waals surface area contributed by atoms with Crippen LogP contribution in [0.25, 0.3) is 10.8 Å². The summed E-state index contributed by atoms with van der Waals surface area (Å²) in [5, 5.41) is 21.0. The van der Waals surface area contributed by atoms with E-state index in [-0.39, 0.29) is 56.3 Å². The van der Waals surface area contributed by atoms with Gasteiger partial charge in [0.25, 0.3) is 11.8 Å². The molecule has 6 heterocycles. The molecule has 0 bridgehead atoms. The summed E-state index contributed by atoms with van der Waals surface area (Å²) in [5.41, 5.74) is 6.50. The highest BCUT2D eigenvalue weighted by molar-refractivity contribution is 6.36. The number of urea groups is 1. The van der Waals surface area contributed by atoms with Gasteiger partial charge in [-0.1, -0.05) is 72.6 Å². The van der Waals surface area contributed by atoms with Crippen molar-refractivity contribution in [2.24, 2.45) is 0 Å². The molecule has 0 saturated carbocycles. The maximum atomic E-state index is 14.1. The number of anilines is 3. The number of imide groups is 1. The van der Waals surface area contributed by atoms with Gasteiger partial charge in [0.15, 0.2) is 5.83 Å². The van der Waals surface area contributed by atoms with Crippen molar-refractivity contribution in [2.45, 2.75) is 102 Å². The first-order chi connectivity index (χ1) is 44.8. The molecule has 92 heavy (non-hydrogen) atoms. The number of piperazine rings is 1. The van der Waals surface area contributed by atoms with Gasteiger partial charge >= 0.3 is 12.0 Å². The molecule has 5 aromatic rings. The quantitative estimate of drug-likeness (QED) is 0.0208. The van der Waals surface area contributed by atoms with Gasteiger partial charge in [0.05, 0.1) is 95.3 Å². The standard InChI is InChI=1S/C67H80Cl2FN11O11/c1-45(70)64(84)80-24-23-79(42-52(80)18-20-71)62-55-19-22-78(58-13-6-10-48-9-5-12-56(69)61(48)58)43-57(55)74-67(76-62)92-44-53-11-7-21-77(53)25-27-88-29-31-90-33-35-91-34-32-89-30-28-87-26-4-2-3-8-46-37-50(68)39-51(38-46)73-66(86)72-40-47-14-15-54-49(36-47)41-81(65(54)85)59-16-17-60(82)75-63(59)83/h5-6,9-10,12-15,36-39,52-53,59H,1-4,7-8,11,16-19,21-35,40-44H2,(H2,72,73,86)(H,75,82,83)/t52-,53-,59?/m0/s1. The lowest BCUT2D eigenvalue weighted by Crippen LogP contribution is -2.55. The molecule has 5 aliphatic heterocycles. The zero-order chi connectivity index (χ0) is 64.3. The third-order valence-electron chi connectivity index (χ3n) is 17.2. The van der Waals surface area contributed by atoms with E-state index in [2.05, 4.69) is 61.5 Å². The van der Waals surface area contributed by atoms with Crippen LogP contribution in [-0.2, 0) is 70.5 Å². The maximum Gasteiger partial charge on any atom is 0.319 e. The van der Waals surface area contributed by atoms with Crippen LogP contribution in [-0.4, -0.2) is 184 Å². The van der Waals surface area contributed by atoms with Gasteiger partial charge in [-0.15, -0.1) is 0 Å². The molecule has 0 spiro atoms. The third kappa shape index (κ3) is 18.0. The number of ether oxygens (including phenoxy) is 6. The lowest BCUT2D eigenvalue weighted by molar-refractivity contribution is -0.137. The van der Waals surface area contributed by atoms with E-state index in [4.69, 9.17) is 61.6 Å². The Morgan fingerprint density at radius 2 is 1.52 bits per heavy atom. The molecule has 3 fully saturated rings. The number of fused-ring (bicyclic) bond motifs is 3. The molecule has 490 valence electrons. The second-order valence-corrected chi connectivity index (χ2v) is 24.3. The number of carbonyl (C=O) groups excluding carboxylic acids is 5. The molecule has 6 amide bonds. The number of halogens is 3. The van der Waals surface area contributed by atoms with Gasteiger partial charge in [-0.05, 0) is 110 Å². The van der Waals surface area contributed by atoms with Crippen molar-refractivity contribution in [1.29, 1.82) is 5.26 Å². The van der Waals surface area contributed by atoms with E-state index >= 15 is 0 Å². The van der Waals surface area contributed by atoms with Crippen LogP contribution in [0.5, 0.6) is 6.01 Å². The SMILES string of the molecule is C=C(F)C(=O)N1CCN(c2nc(OC[C@@H]3CCCN3CCOCCOCCOCCOCCOCCCCCc3cc(Cl)cc(NC(=O)NCc4ccc5c(c4)CN(C4CCC(=O)NC4=O)C5=O)c3)nc3c2CCN(c2cccc4cccc(Cl)c24)C3)C[C@@H]1CC#N.